The molecule has 1 unspecified atom stereocenters. The van der Waals surface area contributed by atoms with Crippen molar-refractivity contribution in [1.29, 1.82) is 0 Å². The number of morpholine rings is 1. The molecule has 3 aliphatic heterocycles. The summed E-state index contributed by atoms with van der Waals surface area (Å²) in [5.41, 5.74) is 2.07. The summed E-state index contributed by atoms with van der Waals surface area (Å²) in [6, 6.07) is 8.20. The normalized spacial score (nSPS) is 24.4. The minimum absolute atomic E-state index is 0.0286. The summed E-state index contributed by atoms with van der Waals surface area (Å²) >= 11 is 0. The van der Waals surface area contributed by atoms with Crippen molar-refractivity contribution in [3.63, 3.8) is 0 Å². The Hall–Kier alpha value is -1.67. The van der Waals surface area contributed by atoms with E-state index in [4.69, 9.17) is 9.47 Å². The summed E-state index contributed by atoms with van der Waals surface area (Å²) in [5.74, 6) is -0.0286. The Labute approximate surface area is 167 Å². The van der Waals surface area contributed by atoms with Gasteiger partial charge >= 0.3 is 0 Å². The van der Waals surface area contributed by atoms with Gasteiger partial charge in [-0.1, -0.05) is 0 Å². The number of rotatable bonds is 6. The Morgan fingerprint density at radius 1 is 0.929 bits per heavy atom. The summed E-state index contributed by atoms with van der Waals surface area (Å²) in [6.45, 7) is 11.1. The predicted octanol–water partition coefficient (Wildman–Crippen LogP) is 1.26. The maximum absolute atomic E-state index is 12.2. The zero-order valence-electron chi connectivity index (χ0n) is 16.6. The minimum atomic E-state index is -0.287. The van der Waals surface area contributed by atoms with Crippen LogP contribution in [0, 0.1) is 0 Å². The van der Waals surface area contributed by atoms with Crippen LogP contribution < -0.4 is 10.2 Å². The van der Waals surface area contributed by atoms with Crippen molar-refractivity contribution in [2.45, 2.75) is 18.9 Å². The van der Waals surface area contributed by atoms with Crippen LogP contribution in [0.15, 0.2) is 24.3 Å². The van der Waals surface area contributed by atoms with E-state index in [0.29, 0.717) is 6.61 Å². The number of benzene rings is 1. The second-order valence-electron chi connectivity index (χ2n) is 7.82. The number of hydrogen-bond acceptors (Lipinski definition) is 6. The second kappa shape index (κ2) is 9.69. The minimum Gasteiger partial charge on any atom is -0.379 e. The number of nitrogens with zero attached hydrogens (tertiary/aromatic N) is 3. The molecule has 7 heteroatoms. The van der Waals surface area contributed by atoms with Gasteiger partial charge in [-0.15, -0.1) is 0 Å². The maximum Gasteiger partial charge on any atom is 0.253 e. The van der Waals surface area contributed by atoms with Gasteiger partial charge in [0.05, 0.1) is 13.2 Å². The van der Waals surface area contributed by atoms with Crippen LogP contribution in [0.1, 0.15) is 12.8 Å². The van der Waals surface area contributed by atoms with Crippen LogP contribution in [0.2, 0.25) is 0 Å². The van der Waals surface area contributed by atoms with E-state index in [1.54, 1.807) is 0 Å². The molecular formula is C21H32N4O3. The van der Waals surface area contributed by atoms with Crippen molar-refractivity contribution in [1.82, 2.24) is 9.80 Å². The smallest absolute Gasteiger partial charge is 0.253 e. The first-order valence-electron chi connectivity index (χ1n) is 10.6. The summed E-state index contributed by atoms with van der Waals surface area (Å²) < 4.78 is 10.9. The first kappa shape index (κ1) is 19.6. The predicted molar refractivity (Wildman–Crippen MR) is 110 cm³/mol. The molecule has 0 aliphatic carbocycles. The lowest BCUT2D eigenvalue weighted by molar-refractivity contribution is -0.124. The zero-order chi connectivity index (χ0) is 19.2. The number of piperazine rings is 1. The first-order chi connectivity index (χ1) is 13.8. The molecule has 1 atom stereocenters. The van der Waals surface area contributed by atoms with Gasteiger partial charge in [-0.3, -0.25) is 14.6 Å². The topological polar surface area (TPSA) is 57.3 Å². The van der Waals surface area contributed by atoms with Crippen molar-refractivity contribution < 1.29 is 14.3 Å². The molecule has 1 amide bonds. The molecule has 0 radical (unpaired) electrons. The first-order valence-corrected chi connectivity index (χ1v) is 10.6. The Morgan fingerprint density at radius 3 is 2.25 bits per heavy atom. The number of nitrogens with one attached hydrogen (secondary N) is 1. The van der Waals surface area contributed by atoms with Crippen LogP contribution in [0.5, 0.6) is 0 Å². The van der Waals surface area contributed by atoms with E-state index in [1.807, 2.05) is 12.1 Å². The summed E-state index contributed by atoms with van der Waals surface area (Å²) in [7, 11) is 0. The lowest BCUT2D eigenvalue weighted by atomic mass is 10.2. The number of ether oxygens (including phenoxy) is 2. The van der Waals surface area contributed by atoms with Crippen molar-refractivity contribution in [3.05, 3.63) is 24.3 Å². The van der Waals surface area contributed by atoms with E-state index in [-0.39, 0.29) is 12.0 Å². The average Bonchev–Trinajstić information content (AvgIpc) is 3.29. The second-order valence-corrected chi connectivity index (χ2v) is 7.82. The van der Waals surface area contributed by atoms with Gasteiger partial charge in [0.2, 0.25) is 0 Å². The molecule has 1 aromatic carbocycles. The van der Waals surface area contributed by atoms with E-state index in [9.17, 15) is 4.79 Å². The van der Waals surface area contributed by atoms with Gasteiger partial charge < -0.3 is 19.7 Å². The van der Waals surface area contributed by atoms with Crippen molar-refractivity contribution in [3.8, 4) is 0 Å². The molecule has 3 heterocycles. The molecule has 154 valence electrons. The van der Waals surface area contributed by atoms with Crippen LogP contribution in [0.3, 0.4) is 0 Å². The van der Waals surface area contributed by atoms with E-state index >= 15 is 0 Å². The maximum atomic E-state index is 12.2. The number of hydrogen-bond donors (Lipinski definition) is 1. The fraction of sp³-hybridized carbons (Fsp3) is 0.667. The Morgan fingerprint density at radius 2 is 1.61 bits per heavy atom. The lowest BCUT2D eigenvalue weighted by Crippen LogP contribution is -2.49. The molecule has 4 rings (SSSR count). The summed E-state index contributed by atoms with van der Waals surface area (Å²) in [6.07, 6.45) is 1.50. The molecule has 3 saturated heterocycles. The monoisotopic (exact) mass is 388 g/mol. The highest BCUT2D eigenvalue weighted by Crippen LogP contribution is 2.21. The number of amides is 1. The average molecular weight is 389 g/mol. The molecular weight excluding hydrogens is 356 g/mol. The quantitative estimate of drug-likeness (QED) is 0.792. The fourth-order valence-corrected chi connectivity index (χ4v) is 4.10. The van der Waals surface area contributed by atoms with Crippen molar-refractivity contribution in [2.24, 2.45) is 0 Å². The SMILES string of the molecule is O=C(Nc1ccc(N2CCN(CCN3CCOCC3)CC2)cc1)C1CCCO1. The molecule has 3 aliphatic rings. The van der Waals surface area contributed by atoms with Gasteiger partial charge in [0.25, 0.3) is 5.91 Å². The third-order valence-corrected chi connectivity index (χ3v) is 5.93. The van der Waals surface area contributed by atoms with Gasteiger partial charge in [-0.05, 0) is 37.1 Å². The molecule has 28 heavy (non-hydrogen) atoms. The number of carbonyl (C=O) groups is 1. The highest BCUT2D eigenvalue weighted by Gasteiger charge is 2.23. The number of carbonyl (C=O) groups excluding carboxylic acids is 1. The van der Waals surface area contributed by atoms with E-state index < -0.39 is 0 Å². The molecule has 0 bridgehead atoms. The largest absolute Gasteiger partial charge is 0.379 e. The van der Waals surface area contributed by atoms with Gasteiger partial charge in [0, 0.05) is 70.3 Å². The lowest BCUT2D eigenvalue weighted by Gasteiger charge is -2.37. The molecule has 3 fully saturated rings. The van der Waals surface area contributed by atoms with E-state index in [0.717, 1.165) is 84.1 Å². The zero-order valence-corrected chi connectivity index (χ0v) is 16.6. The fourth-order valence-electron chi connectivity index (χ4n) is 4.10. The molecule has 0 saturated carbocycles. The molecule has 0 spiro atoms. The molecule has 0 aromatic heterocycles. The standard InChI is InChI=1S/C21H32N4O3/c26-21(20-2-1-15-28-20)22-18-3-5-19(6-4-18)25-11-9-23(10-12-25)7-8-24-13-16-27-17-14-24/h3-6,20H,1-2,7-17H2,(H,22,26). The highest BCUT2D eigenvalue weighted by atomic mass is 16.5. The highest BCUT2D eigenvalue weighted by molar-refractivity contribution is 5.94. The van der Waals surface area contributed by atoms with Crippen LogP contribution in [-0.4, -0.2) is 94.0 Å². The number of anilines is 2. The van der Waals surface area contributed by atoms with Gasteiger partial charge in [-0.2, -0.15) is 0 Å². The molecule has 1 aromatic rings. The van der Waals surface area contributed by atoms with Crippen LogP contribution in [0.25, 0.3) is 0 Å². The Balaban J connectivity index is 1.20. The van der Waals surface area contributed by atoms with E-state index in [1.165, 1.54) is 5.69 Å². The van der Waals surface area contributed by atoms with Gasteiger partial charge in [-0.25, -0.2) is 0 Å². The Kier molecular flexibility index (Phi) is 6.80. The van der Waals surface area contributed by atoms with Crippen LogP contribution in [-0.2, 0) is 14.3 Å². The van der Waals surface area contributed by atoms with Crippen molar-refractivity contribution >= 4 is 17.3 Å². The van der Waals surface area contributed by atoms with Gasteiger partial charge in [0.15, 0.2) is 0 Å². The molecule has 7 nitrogen and oxygen atoms in total. The summed E-state index contributed by atoms with van der Waals surface area (Å²) in [4.78, 5) is 19.6. The van der Waals surface area contributed by atoms with Crippen LogP contribution >= 0.6 is 0 Å². The summed E-state index contributed by atoms with van der Waals surface area (Å²) in [5, 5.41) is 2.96. The van der Waals surface area contributed by atoms with Crippen molar-refractivity contribution in [2.75, 3.05) is 82.4 Å². The Bertz CT molecular complexity index is 619. The van der Waals surface area contributed by atoms with E-state index in [2.05, 4.69) is 32.1 Å². The van der Waals surface area contributed by atoms with Gasteiger partial charge in [0.1, 0.15) is 6.10 Å². The third-order valence-electron chi connectivity index (χ3n) is 5.93. The third kappa shape index (κ3) is 5.23. The molecule has 1 N–H and O–H groups in total. The van der Waals surface area contributed by atoms with Crippen LogP contribution in [0.4, 0.5) is 11.4 Å².